The molecule has 3 aromatic carbocycles. The van der Waals surface area contributed by atoms with Crippen molar-refractivity contribution in [1.29, 1.82) is 0 Å². The maximum atomic E-state index is 13.3. The molecule has 4 rings (SSSR count). The number of carbonyl (C=O) groups excluding carboxylic acids is 2. The van der Waals surface area contributed by atoms with Crippen LogP contribution in [0.2, 0.25) is 0 Å². The molecule has 35 heavy (non-hydrogen) atoms. The second kappa shape index (κ2) is 10.7. The Morgan fingerprint density at radius 3 is 2.26 bits per heavy atom. The molecule has 178 valence electrons. The highest BCUT2D eigenvalue weighted by molar-refractivity contribution is 5.91. The summed E-state index contributed by atoms with van der Waals surface area (Å²) >= 11 is 0. The molecule has 0 spiro atoms. The first kappa shape index (κ1) is 23.8. The van der Waals surface area contributed by atoms with Crippen molar-refractivity contribution in [2.24, 2.45) is 0 Å². The Balaban J connectivity index is 1.56. The highest BCUT2D eigenvalue weighted by Gasteiger charge is 2.25. The lowest BCUT2D eigenvalue weighted by Crippen LogP contribution is -2.44. The van der Waals surface area contributed by atoms with E-state index in [9.17, 15) is 14.4 Å². The summed E-state index contributed by atoms with van der Waals surface area (Å²) in [6, 6.07) is 22.3. The zero-order valence-electron chi connectivity index (χ0n) is 19.4. The number of ether oxygens (including phenoxy) is 2. The van der Waals surface area contributed by atoms with E-state index in [1.54, 1.807) is 26.0 Å². The van der Waals surface area contributed by atoms with Gasteiger partial charge in [0.25, 0.3) is 0 Å². The molecule has 0 unspecified atom stereocenters. The molecule has 1 amide bonds. The van der Waals surface area contributed by atoms with E-state index in [1.807, 2.05) is 60.7 Å². The summed E-state index contributed by atoms with van der Waals surface area (Å²) < 4.78 is 16.4. The fourth-order valence-electron chi connectivity index (χ4n) is 3.79. The summed E-state index contributed by atoms with van der Waals surface area (Å²) in [5, 5.41) is 3.15. The number of fused-ring (bicyclic) bond motifs is 1. The normalized spacial score (nSPS) is 11.6. The molecular formula is C28H25NO6. The number of nitrogens with one attached hydrogen (secondary N) is 1. The first-order valence-electron chi connectivity index (χ1n) is 11.2. The molecule has 0 bridgehead atoms. The number of aryl methyl sites for hydroxylation is 2. The maximum absolute atomic E-state index is 13.3. The van der Waals surface area contributed by atoms with Gasteiger partial charge in [0.05, 0.1) is 5.39 Å². The van der Waals surface area contributed by atoms with Gasteiger partial charge in [0, 0.05) is 12.5 Å². The van der Waals surface area contributed by atoms with Crippen LogP contribution in [0.15, 0.2) is 88.1 Å². The lowest BCUT2D eigenvalue weighted by molar-refractivity contribution is -0.136. The number of rotatable bonds is 7. The highest BCUT2D eigenvalue weighted by atomic mass is 16.6. The van der Waals surface area contributed by atoms with Crippen LogP contribution < -0.4 is 15.7 Å². The monoisotopic (exact) mass is 471 g/mol. The van der Waals surface area contributed by atoms with Crippen molar-refractivity contribution < 1.29 is 23.5 Å². The molecule has 7 nitrogen and oxygen atoms in total. The van der Waals surface area contributed by atoms with E-state index in [1.165, 1.54) is 6.07 Å². The first-order chi connectivity index (χ1) is 16.9. The molecular weight excluding hydrogens is 446 g/mol. The van der Waals surface area contributed by atoms with Gasteiger partial charge in [-0.05, 0) is 48.2 Å². The zero-order chi connectivity index (χ0) is 24.8. The number of amides is 1. The number of esters is 1. The van der Waals surface area contributed by atoms with Gasteiger partial charge >= 0.3 is 17.7 Å². The van der Waals surface area contributed by atoms with Crippen molar-refractivity contribution in [3.8, 4) is 5.75 Å². The van der Waals surface area contributed by atoms with Crippen LogP contribution in [0.3, 0.4) is 0 Å². The summed E-state index contributed by atoms with van der Waals surface area (Å²) in [4.78, 5) is 37.6. The second-order valence-electron chi connectivity index (χ2n) is 8.25. The summed E-state index contributed by atoms with van der Waals surface area (Å²) in [6.07, 6.45) is -0.527. The van der Waals surface area contributed by atoms with E-state index in [0.29, 0.717) is 16.5 Å². The number of hydrogen-bond acceptors (Lipinski definition) is 6. The fourth-order valence-corrected chi connectivity index (χ4v) is 3.79. The predicted octanol–water partition coefficient (Wildman–Crippen LogP) is 4.85. The summed E-state index contributed by atoms with van der Waals surface area (Å²) in [5.74, 6) is -0.410. The summed E-state index contributed by atoms with van der Waals surface area (Å²) in [5.41, 5.74) is 2.88. The minimum atomic E-state index is -1.01. The standard InChI is InChI=1S/C28H25NO6/c1-18-13-23-26(19(2)15-25(30)34-23)24(14-18)35-27(31)22(16-20-9-5-3-6-10-20)29-28(32)33-17-21-11-7-4-8-12-21/h3-15,22H,16-17H2,1-2H3,(H,29,32)/t22-/m0/s1. The van der Waals surface area contributed by atoms with Crippen molar-refractivity contribution in [3.63, 3.8) is 0 Å². The highest BCUT2D eigenvalue weighted by Crippen LogP contribution is 2.30. The molecule has 1 heterocycles. The van der Waals surface area contributed by atoms with Crippen LogP contribution in [0.25, 0.3) is 11.0 Å². The molecule has 0 aliphatic rings. The Morgan fingerprint density at radius 2 is 1.57 bits per heavy atom. The lowest BCUT2D eigenvalue weighted by atomic mass is 10.1. The van der Waals surface area contributed by atoms with Crippen molar-refractivity contribution in [2.75, 3.05) is 0 Å². The maximum Gasteiger partial charge on any atom is 0.408 e. The van der Waals surface area contributed by atoms with Crippen LogP contribution in [-0.4, -0.2) is 18.1 Å². The van der Waals surface area contributed by atoms with E-state index in [-0.39, 0.29) is 18.8 Å². The fraction of sp³-hybridized carbons (Fsp3) is 0.179. The Labute approximate surface area is 202 Å². The van der Waals surface area contributed by atoms with Gasteiger partial charge in [-0.1, -0.05) is 60.7 Å². The summed E-state index contributed by atoms with van der Waals surface area (Å²) in [7, 11) is 0. The lowest BCUT2D eigenvalue weighted by Gasteiger charge is -2.19. The van der Waals surface area contributed by atoms with E-state index < -0.39 is 23.7 Å². The smallest absolute Gasteiger partial charge is 0.408 e. The third kappa shape index (κ3) is 6.14. The SMILES string of the molecule is Cc1cc(OC(=O)[C@H](Cc2ccccc2)NC(=O)OCc2ccccc2)c2c(C)cc(=O)oc2c1. The Kier molecular flexibility index (Phi) is 7.26. The van der Waals surface area contributed by atoms with E-state index in [4.69, 9.17) is 13.9 Å². The molecule has 4 aromatic rings. The average Bonchev–Trinajstić information content (AvgIpc) is 2.83. The number of benzene rings is 3. The predicted molar refractivity (Wildman–Crippen MR) is 131 cm³/mol. The topological polar surface area (TPSA) is 94.8 Å². The molecule has 0 aliphatic heterocycles. The zero-order valence-corrected chi connectivity index (χ0v) is 19.4. The molecule has 1 N–H and O–H groups in total. The van der Waals surface area contributed by atoms with Crippen LogP contribution >= 0.6 is 0 Å². The molecule has 0 saturated heterocycles. The van der Waals surface area contributed by atoms with Gasteiger partial charge in [-0.3, -0.25) is 0 Å². The van der Waals surface area contributed by atoms with E-state index in [0.717, 1.165) is 16.7 Å². The number of alkyl carbamates (subject to hydrolysis) is 1. The minimum Gasteiger partial charge on any atom is -0.445 e. The molecule has 1 aromatic heterocycles. The van der Waals surface area contributed by atoms with Gasteiger partial charge in [0.2, 0.25) is 0 Å². The van der Waals surface area contributed by atoms with Gasteiger partial charge in [0.15, 0.2) is 0 Å². The molecule has 0 radical (unpaired) electrons. The van der Waals surface area contributed by atoms with E-state index in [2.05, 4.69) is 5.32 Å². The van der Waals surface area contributed by atoms with Gasteiger partial charge in [0.1, 0.15) is 24.0 Å². The van der Waals surface area contributed by atoms with Crippen molar-refractivity contribution in [1.82, 2.24) is 5.32 Å². The Bertz CT molecular complexity index is 1400. The van der Waals surface area contributed by atoms with Crippen molar-refractivity contribution in [3.05, 3.63) is 112 Å². The number of hydrogen-bond donors (Lipinski definition) is 1. The van der Waals surface area contributed by atoms with Gasteiger partial charge in [-0.2, -0.15) is 0 Å². The van der Waals surface area contributed by atoms with Crippen LogP contribution in [0, 0.1) is 13.8 Å². The quantitative estimate of drug-likeness (QED) is 0.235. The largest absolute Gasteiger partial charge is 0.445 e. The minimum absolute atomic E-state index is 0.0700. The van der Waals surface area contributed by atoms with Crippen molar-refractivity contribution >= 4 is 23.0 Å². The second-order valence-corrected chi connectivity index (χ2v) is 8.25. The van der Waals surface area contributed by atoms with Crippen molar-refractivity contribution in [2.45, 2.75) is 32.9 Å². The molecule has 0 fully saturated rings. The molecule has 1 atom stereocenters. The molecule has 0 aliphatic carbocycles. The van der Waals surface area contributed by atoms with Crippen LogP contribution in [0.4, 0.5) is 4.79 Å². The average molecular weight is 472 g/mol. The van der Waals surface area contributed by atoms with Gasteiger partial charge in [-0.25, -0.2) is 14.4 Å². The van der Waals surface area contributed by atoms with Crippen LogP contribution in [-0.2, 0) is 22.6 Å². The third-order valence-electron chi connectivity index (χ3n) is 5.43. The van der Waals surface area contributed by atoms with Crippen LogP contribution in [0.5, 0.6) is 5.75 Å². The van der Waals surface area contributed by atoms with E-state index >= 15 is 0 Å². The van der Waals surface area contributed by atoms with Crippen LogP contribution in [0.1, 0.15) is 22.3 Å². The summed E-state index contributed by atoms with van der Waals surface area (Å²) in [6.45, 7) is 3.62. The Morgan fingerprint density at radius 1 is 0.914 bits per heavy atom. The Hall–Kier alpha value is -4.39. The number of carbonyl (C=O) groups is 2. The third-order valence-corrected chi connectivity index (χ3v) is 5.43. The molecule has 0 saturated carbocycles. The van der Waals surface area contributed by atoms with Gasteiger partial charge in [-0.15, -0.1) is 0 Å². The molecule has 7 heteroatoms. The first-order valence-corrected chi connectivity index (χ1v) is 11.2. The van der Waals surface area contributed by atoms with Gasteiger partial charge < -0.3 is 19.2 Å².